The molecule has 0 fully saturated rings. The lowest BCUT2D eigenvalue weighted by molar-refractivity contribution is -0.927. The molecule has 1 aromatic carbocycles. The molecule has 0 aromatic heterocycles. The zero-order chi connectivity index (χ0) is 16.0. The highest BCUT2D eigenvalue weighted by atomic mass is 16.5. The number of carbonyl (C=O) groups is 3. The summed E-state index contributed by atoms with van der Waals surface area (Å²) in [7, 11) is 3.44. The van der Waals surface area contributed by atoms with Crippen LogP contribution in [0.3, 0.4) is 0 Å². The predicted molar refractivity (Wildman–Crippen MR) is 77.1 cm³/mol. The highest BCUT2D eigenvalue weighted by Gasteiger charge is 2.27. The maximum Gasteiger partial charge on any atom is 0.336 e. The Kier molecular flexibility index (Phi) is 5.60. The molecule has 0 saturated heterocycles. The quantitative estimate of drug-likeness (QED) is 0.278. The van der Waals surface area contributed by atoms with Crippen molar-refractivity contribution in [3.05, 3.63) is 35.9 Å². The van der Waals surface area contributed by atoms with E-state index in [1.54, 1.807) is 51.4 Å². The number of rotatable bonds is 6. The number of benzene rings is 1. The van der Waals surface area contributed by atoms with Crippen LogP contribution in [0.1, 0.15) is 24.2 Å². The maximum atomic E-state index is 12.0. The Bertz CT molecular complexity index is 526. The number of amides is 1. The Balaban J connectivity index is 2.64. The number of ether oxygens (including phenoxy) is 1. The van der Waals surface area contributed by atoms with Crippen LogP contribution in [0.5, 0.6) is 0 Å². The summed E-state index contributed by atoms with van der Waals surface area (Å²) in [5, 5.41) is 0. The van der Waals surface area contributed by atoms with Crippen LogP contribution >= 0.6 is 0 Å². The van der Waals surface area contributed by atoms with Gasteiger partial charge in [0.15, 0.2) is 0 Å². The maximum absolute atomic E-state index is 12.0. The molecule has 0 heterocycles. The molecule has 1 rings (SSSR count). The largest absolute Gasteiger partial charge is 0.457 e. The average Bonchev–Trinajstić information content (AvgIpc) is 2.36. The van der Waals surface area contributed by atoms with E-state index in [1.807, 2.05) is 0 Å². The van der Waals surface area contributed by atoms with Gasteiger partial charge in [0.25, 0.3) is 5.78 Å². The van der Waals surface area contributed by atoms with Crippen LogP contribution in [0.2, 0.25) is 0 Å². The number of carbonyl (C=O) groups excluding carboxylic acids is 3. The molecule has 0 saturated carbocycles. The van der Waals surface area contributed by atoms with Crippen LogP contribution in [-0.2, 0) is 14.3 Å². The molecule has 1 amide bonds. The van der Waals surface area contributed by atoms with Crippen molar-refractivity contribution < 1.29 is 23.7 Å². The molecule has 0 aliphatic rings. The fourth-order valence-corrected chi connectivity index (χ4v) is 2.06. The molecular formula is C15H21N2O4+. The molecule has 1 unspecified atom stereocenters. The fourth-order valence-electron chi connectivity index (χ4n) is 2.06. The van der Waals surface area contributed by atoms with E-state index in [9.17, 15) is 14.4 Å². The second-order valence-corrected chi connectivity index (χ2v) is 5.42. The van der Waals surface area contributed by atoms with Crippen LogP contribution in [0.25, 0.3) is 0 Å². The number of likely N-dealkylation sites (N-methyl/N-ethyl adjacent to an activating group) is 1. The van der Waals surface area contributed by atoms with Gasteiger partial charge in [-0.05, 0) is 6.92 Å². The van der Waals surface area contributed by atoms with E-state index < -0.39 is 11.7 Å². The summed E-state index contributed by atoms with van der Waals surface area (Å²) in [5.41, 5.74) is 2.95. The van der Waals surface area contributed by atoms with Gasteiger partial charge < -0.3 is 4.74 Å². The van der Waals surface area contributed by atoms with Crippen LogP contribution in [0.4, 0.5) is 0 Å². The third-order valence-electron chi connectivity index (χ3n) is 2.73. The molecule has 0 aliphatic carbocycles. The monoisotopic (exact) mass is 293 g/mol. The Morgan fingerprint density at radius 1 is 1.19 bits per heavy atom. The van der Waals surface area contributed by atoms with Crippen LogP contribution in [0.15, 0.2) is 30.3 Å². The van der Waals surface area contributed by atoms with E-state index >= 15 is 0 Å². The molecular weight excluding hydrogens is 272 g/mol. The molecule has 0 bridgehead atoms. The van der Waals surface area contributed by atoms with Crippen molar-refractivity contribution in [2.45, 2.75) is 20.0 Å². The van der Waals surface area contributed by atoms with Gasteiger partial charge in [-0.1, -0.05) is 30.3 Å². The van der Waals surface area contributed by atoms with Gasteiger partial charge in [0.1, 0.15) is 12.6 Å². The lowest BCUT2D eigenvalue weighted by Gasteiger charge is -2.30. The summed E-state index contributed by atoms with van der Waals surface area (Å²) in [6, 6.07) is 8.34. The van der Waals surface area contributed by atoms with Gasteiger partial charge in [0.2, 0.25) is 0 Å². The molecule has 1 N–H and O–H groups in total. The SMILES string of the molecule is CC(=O)OC(C)C[N+](C)(C)NC(=O)C(=O)c1ccccc1. The summed E-state index contributed by atoms with van der Waals surface area (Å²) >= 11 is 0. The Labute approximate surface area is 124 Å². The van der Waals surface area contributed by atoms with Gasteiger partial charge in [-0.3, -0.25) is 14.4 Å². The summed E-state index contributed by atoms with van der Waals surface area (Å²) in [4.78, 5) is 34.8. The van der Waals surface area contributed by atoms with Crippen molar-refractivity contribution in [3.63, 3.8) is 0 Å². The second-order valence-electron chi connectivity index (χ2n) is 5.42. The zero-order valence-corrected chi connectivity index (χ0v) is 12.8. The average molecular weight is 293 g/mol. The summed E-state index contributed by atoms with van der Waals surface area (Å²) < 4.78 is 5.06. The number of esters is 1. The topological polar surface area (TPSA) is 72.5 Å². The van der Waals surface area contributed by atoms with Gasteiger partial charge in [-0.25, -0.2) is 4.59 Å². The van der Waals surface area contributed by atoms with Crippen molar-refractivity contribution in [2.24, 2.45) is 0 Å². The van der Waals surface area contributed by atoms with E-state index in [0.29, 0.717) is 12.1 Å². The molecule has 114 valence electrons. The Morgan fingerprint density at radius 2 is 1.76 bits per heavy atom. The molecule has 1 atom stereocenters. The molecule has 6 nitrogen and oxygen atoms in total. The van der Waals surface area contributed by atoms with E-state index in [2.05, 4.69) is 5.43 Å². The molecule has 6 heteroatoms. The van der Waals surface area contributed by atoms with Gasteiger partial charge >= 0.3 is 11.9 Å². The lowest BCUT2D eigenvalue weighted by atomic mass is 10.1. The van der Waals surface area contributed by atoms with Crippen molar-refractivity contribution in [2.75, 3.05) is 20.6 Å². The van der Waals surface area contributed by atoms with E-state index in [-0.39, 0.29) is 16.7 Å². The first-order chi connectivity index (χ1) is 9.71. The van der Waals surface area contributed by atoms with E-state index in [4.69, 9.17) is 4.74 Å². The van der Waals surface area contributed by atoms with Gasteiger partial charge in [0, 0.05) is 12.5 Å². The van der Waals surface area contributed by atoms with Crippen LogP contribution in [0, 0.1) is 0 Å². The first kappa shape index (κ1) is 16.8. The van der Waals surface area contributed by atoms with Gasteiger partial charge in [-0.2, -0.15) is 5.43 Å². The van der Waals surface area contributed by atoms with Crippen molar-refractivity contribution >= 4 is 17.7 Å². The zero-order valence-electron chi connectivity index (χ0n) is 12.8. The molecule has 1 aromatic rings. The number of Topliss-reactive ketones (excluding diaryl/α,β-unsaturated/α-hetero) is 1. The first-order valence-corrected chi connectivity index (χ1v) is 6.63. The second kappa shape index (κ2) is 6.99. The lowest BCUT2D eigenvalue weighted by Crippen LogP contribution is -2.59. The van der Waals surface area contributed by atoms with Gasteiger partial charge in [0.05, 0.1) is 14.1 Å². The van der Waals surface area contributed by atoms with Crippen LogP contribution < -0.4 is 5.43 Å². The minimum Gasteiger partial charge on any atom is -0.457 e. The van der Waals surface area contributed by atoms with Crippen LogP contribution in [-0.4, -0.2) is 49.0 Å². The van der Waals surface area contributed by atoms with E-state index in [1.165, 1.54) is 6.92 Å². The third-order valence-corrected chi connectivity index (χ3v) is 2.73. The molecule has 21 heavy (non-hydrogen) atoms. The first-order valence-electron chi connectivity index (χ1n) is 6.63. The summed E-state index contributed by atoms with van der Waals surface area (Å²) in [6.07, 6.45) is -0.371. The standard InChI is InChI=1S/C15H20N2O4/c1-11(21-12(2)18)10-17(3,4)16-15(20)14(19)13-8-6-5-7-9-13/h5-9,11H,10H2,1-4H3/p+1. The summed E-state index contributed by atoms with van der Waals surface area (Å²) in [5.74, 6) is -1.67. The third kappa shape index (κ3) is 5.74. The van der Waals surface area contributed by atoms with Crippen molar-refractivity contribution in [3.8, 4) is 0 Å². The number of hydrogen-bond acceptors (Lipinski definition) is 4. The molecule has 0 spiro atoms. The number of nitrogens with one attached hydrogen (secondary N) is 1. The minimum absolute atomic E-state index is 0.0336. The highest BCUT2D eigenvalue weighted by Crippen LogP contribution is 2.03. The highest BCUT2D eigenvalue weighted by molar-refractivity contribution is 6.42. The fraction of sp³-hybridized carbons (Fsp3) is 0.400. The van der Waals surface area contributed by atoms with E-state index in [0.717, 1.165) is 0 Å². The number of nitrogens with zero attached hydrogens (tertiary/aromatic N) is 1. The van der Waals surface area contributed by atoms with Crippen molar-refractivity contribution in [1.82, 2.24) is 5.43 Å². The normalized spacial score (nSPS) is 12.4. The number of hydrogen-bond donors (Lipinski definition) is 1. The molecule has 0 aliphatic heterocycles. The predicted octanol–water partition coefficient (Wildman–Crippen LogP) is 0.929. The summed E-state index contributed by atoms with van der Waals surface area (Å²) in [6.45, 7) is 3.41. The van der Waals surface area contributed by atoms with Gasteiger partial charge in [-0.15, -0.1) is 0 Å². The van der Waals surface area contributed by atoms with Crippen molar-refractivity contribution in [1.29, 1.82) is 0 Å². The number of quaternary nitrogens is 1. The Morgan fingerprint density at radius 3 is 2.29 bits per heavy atom. The molecule has 0 radical (unpaired) electrons. The minimum atomic E-state index is -0.693. The smallest absolute Gasteiger partial charge is 0.336 e. The Hall–Kier alpha value is -2.21. The number of ketones is 1.